The highest BCUT2D eigenvalue weighted by atomic mass is 16.4. The fraction of sp³-hybridized carbons (Fsp3) is 0.429. The lowest BCUT2D eigenvalue weighted by Gasteiger charge is -2.36. The van der Waals surface area contributed by atoms with Gasteiger partial charge in [-0.2, -0.15) is 0 Å². The van der Waals surface area contributed by atoms with E-state index in [9.17, 15) is 54.9 Å². The van der Waals surface area contributed by atoms with Gasteiger partial charge in [-0.05, 0) is 75.9 Å². The zero-order valence-corrected chi connectivity index (χ0v) is 23.9. The van der Waals surface area contributed by atoms with Gasteiger partial charge in [-0.25, -0.2) is 4.79 Å². The summed E-state index contributed by atoms with van der Waals surface area (Å²) in [6, 6.07) is -0.207. The van der Waals surface area contributed by atoms with Gasteiger partial charge in [-0.15, -0.1) is 0 Å². The lowest BCUT2D eigenvalue weighted by Crippen LogP contribution is -2.57. The van der Waals surface area contributed by atoms with Crippen molar-refractivity contribution in [1.82, 2.24) is 9.80 Å². The predicted molar refractivity (Wildman–Crippen MR) is 155 cm³/mol. The maximum absolute atomic E-state index is 14.2. The molecule has 0 bridgehead atoms. The first kappa shape index (κ1) is 35.4. The Labute approximate surface area is 252 Å². The van der Waals surface area contributed by atoms with Crippen molar-refractivity contribution < 1.29 is 54.9 Å². The Morgan fingerprint density at radius 3 is 1.34 bits per heavy atom. The number of carbonyl (C=O) groups is 4. The predicted octanol–water partition coefficient (Wildman–Crippen LogP) is 0.0699. The summed E-state index contributed by atoms with van der Waals surface area (Å²) in [6.45, 7) is -0.00722. The molecule has 0 aliphatic carbocycles. The number of rotatable bonds is 16. The molecule has 0 spiro atoms. The molecule has 2 aromatic rings. The molecule has 2 atom stereocenters. The van der Waals surface area contributed by atoms with Crippen molar-refractivity contribution in [2.24, 2.45) is 17.2 Å². The molecule has 0 saturated carbocycles. The third-order valence-corrected chi connectivity index (χ3v) is 6.85. The van der Waals surface area contributed by atoms with Gasteiger partial charge in [0.25, 0.3) is 11.8 Å². The fourth-order valence-corrected chi connectivity index (χ4v) is 4.60. The minimum absolute atomic E-state index is 0.0187. The number of amides is 3. The summed E-state index contributed by atoms with van der Waals surface area (Å²) in [5.74, 6) is -10.5. The normalized spacial score (nSPS) is 12.3. The number of hydrogen-bond donors (Lipinski definition) is 10. The number of aromatic hydroxyl groups is 6. The number of carboxylic acids is 1. The zero-order chi connectivity index (χ0) is 33.1. The van der Waals surface area contributed by atoms with Crippen molar-refractivity contribution >= 4 is 23.7 Å². The number of hydrogen-bond acceptors (Lipinski definition) is 13. The highest BCUT2D eigenvalue weighted by Gasteiger charge is 2.41. The molecule has 0 radical (unpaired) electrons. The quantitative estimate of drug-likeness (QED) is 0.0674. The standard InChI is InChI=1S/C28H39N5O11/c29-7-3-1-5-17(27(42)32(10-9-31)18(28(43)44)6-2-4-8-30)33(25(40)15-11-19(34)23(38)20(35)12-15)26(41)16-13-21(36)24(39)22(37)14-16/h11-14,17-18,34-39H,1-10,29-31H2,(H,43,44). The molecule has 0 aromatic heterocycles. The summed E-state index contributed by atoms with van der Waals surface area (Å²) in [6.07, 6.45) is 1.05. The van der Waals surface area contributed by atoms with E-state index in [2.05, 4.69) is 0 Å². The topological polar surface area (TPSA) is 294 Å². The lowest BCUT2D eigenvalue weighted by molar-refractivity contribution is -0.152. The number of unbranched alkanes of at least 4 members (excludes halogenated alkanes) is 2. The minimum atomic E-state index is -1.72. The summed E-state index contributed by atoms with van der Waals surface area (Å²) >= 11 is 0. The van der Waals surface area contributed by atoms with Gasteiger partial charge in [0.15, 0.2) is 34.5 Å². The van der Waals surface area contributed by atoms with Crippen LogP contribution in [0.25, 0.3) is 0 Å². The van der Waals surface area contributed by atoms with Crippen molar-refractivity contribution in [3.8, 4) is 34.5 Å². The second-order valence-electron chi connectivity index (χ2n) is 9.97. The largest absolute Gasteiger partial charge is 0.504 e. The van der Waals surface area contributed by atoms with E-state index in [1.54, 1.807) is 0 Å². The maximum atomic E-state index is 14.2. The number of nitrogens with two attached hydrogens (primary N) is 3. The van der Waals surface area contributed by atoms with Crippen LogP contribution in [0.5, 0.6) is 34.5 Å². The summed E-state index contributed by atoms with van der Waals surface area (Å²) < 4.78 is 0. The molecule has 44 heavy (non-hydrogen) atoms. The number of nitrogens with zero attached hydrogens (tertiary/aromatic N) is 2. The van der Waals surface area contributed by atoms with Gasteiger partial charge in [0.1, 0.15) is 12.1 Å². The first-order chi connectivity index (χ1) is 20.8. The number of phenolic OH excluding ortho intramolecular Hbond substituents is 6. The van der Waals surface area contributed by atoms with Crippen molar-refractivity contribution in [2.75, 3.05) is 26.2 Å². The molecule has 0 fully saturated rings. The monoisotopic (exact) mass is 621 g/mol. The third-order valence-electron chi connectivity index (χ3n) is 6.85. The van der Waals surface area contributed by atoms with Crippen LogP contribution in [-0.2, 0) is 9.59 Å². The van der Waals surface area contributed by atoms with Crippen molar-refractivity contribution in [3.63, 3.8) is 0 Å². The molecular formula is C28H39N5O11. The molecule has 16 nitrogen and oxygen atoms in total. The van der Waals surface area contributed by atoms with E-state index in [4.69, 9.17) is 17.2 Å². The van der Waals surface area contributed by atoms with Gasteiger partial charge in [0, 0.05) is 24.2 Å². The van der Waals surface area contributed by atoms with Gasteiger partial charge in [-0.1, -0.05) is 0 Å². The Morgan fingerprint density at radius 1 is 0.614 bits per heavy atom. The highest BCUT2D eigenvalue weighted by molar-refractivity contribution is 6.13. The number of imide groups is 1. The van der Waals surface area contributed by atoms with E-state index < -0.39 is 81.4 Å². The van der Waals surface area contributed by atoms with Crippen LogP contribution in [0.15, 0.2) is 24.3 Å². The van der Waals surface area contributed by atoms with Crippen LogP contribution in [-0.4, -0.2) is 107 Å². The van der Waals surface area contributed by atoms with Crippen molar-refractivity contribution in [2.45, 2.75) is 50.6 Å². The van der Waals surface area contributed by atoms with Gasteiger partial charge in [0.2, 0.25) is 5.91 Å². The van der Waals surface area contributed by atoms with E-state index in [1.807, 2.05) is 0 Å². The molecule has 3 amide bonds. The number of carboxylic acid groups (broad SMARTS) is 1. The van der Waals surface area contributed by atoms with Crippen molar-refractivity contribution in [3.05, 3.63) is 35.4 Å². The Bertz CT molecular complexity index is 1240. The molecule has 0 heterocycles. The summed E-state index contributed by atoms with van der Waals surface area (Å²) in [4.78, 5) is 55.8. The van der Waals surface area contributed by atoms with Crippen LogP contribution >= 0.6 is 0 Å². The van der Waals surface area contributed by atoms with Crippen LogP contribution in [0, 0.1) is 0 Å². The van der Waals surface area contributed by atoms with E-state index in [0.29, 0.717) is 24.2 Å². The van der Waals surface area contributed by atoms with Crippen LogP contribution in [0.4, 0.5) is 0 Å². The molecule has 2 aromatic carbocycles. The first-order valence-electron chi connectivity index (χ1n) is 13.8. The summed E-state index contributed by atoms with van der Waals surface area (Å²) in [7, 11) is 0. The minimum Gasteiger partial charge on any atom is -0.504 e. The SMILES string of the molecule is NCCCCC(C(=O)O)N(CCN)C(=O)C(CCCCN)N(C(=O)c1cc(O)c(O)c(O)c1)C(=O)c1cc(O)c(O)c(O)c1. The lowest BCUT2D eigenvalue weighted by atomic mass is 10.00. The van der Waals surface area contributed by atoms with Gasteiger partial charge in [0.05, 0.1) is 0 Å². The van der Waals surface area contributed by atoms with Gasteiger partial charge < -0.3 is 57.8 Å². The van der Waals surface area contributed by atoms with Gasteiger partial charge in [-0.3, -0.25) is 19.3 Å². The van der Waals surface area contributed by atoms with E-state index in [0.717, 1.165) is 29.2 Å². The molecule has 0 aliphatic heterocycles. The van der Waals surface area contributed by atoms with Crippen LogP contribution in [0.2, 0.25) is 0 Å². The molecule has 242 valence electrons. The maximum Gasteiger partial charge on any atom is 0.326 e. The molecule has 16 heteroatoms. The van der Waals surface area contributed by atoms with Crippen LogP contribution in [0.3, 0.4) is 0 Å². The number of phenols is 6. The molecule has 0 aliphatic rings. The Hall–Kier alpha value is -4.80. The van der Waals surface area contributed by atoms with Crippen LogP contribution < -0.4 is 17.2 Å². The number of carbonyl (C=O) groups excluding carboxylic acids is 3. The molecule has 2 rings (SSSR count). The number of benzene rings is 2. The molecule has 2 unspecified atom stereocenters. The molecule has 13 N–H and O–H groups in total. The molecular weight excluding hydrogens is 582 g/mol. The third kappa shape index (κ3) is 8.40. The first-order valence-corrected chi connectivity index (χ1v) is 13.8. The Kier molecular flexibility index (Phi) is 13.0. The van der Waals surface area contributed by atoms with Gasteiger partial charge >= 0.3 is 5.97 Å². The Balaban J connectivity index is 2.80. The number of aliphatic carboxylic acids is 1. The van der Waals surface area contributed by atoms with E-state index >= 15 is 0 Å². The smallest absolute Gasteiger partial charge is 0.326 e. The van der Waals surface area contributed by atoms with Crippen molar-refractivity contribution in [1.29, 1.82) is 0 Å². The highest BCUT2D eigenvalue weighted by Crippen LogP contribution is 2.38. The zero-order valence-electron chi connectivity index (χ0n) is 23.9. The van der Waals surface area contributed by atoms with E-state index in [-0.39, 0.29) is 45.4 Å². The molecule has 0 saturated heterocycles. The average molecular weight is 622 g/mol. The average Bonchev–Trinajstić information content (AvgIpc) is 2.98. The second-order valence-corrected chi connectivity index (χ2v) is 9.97. The Morgan fingerprint density at radius 2 is 1.00 bits per heavy atom. The van der Waals surface area contributed by atoms with Crippen LogP contribution in [0.1, 0.15) is 59.2 Å². The second kappa shape index (κ2) is 16.2. The van der Waals surface area contributed by atoms with E-state index in [1.165, 1.54) is 0 Å². The summed E-state index contributed by atoms with van der Waals surface area (Å²) in [5, 5.41) is 69.8. The summed E-state index contributed by atoms with van der Waals surface area (Å²) in [5.41, 5.74) is 15.8. The fourth-order valence-electron chi connectivity index (χ4n) is 4.60.